The van der Waals surface area contributed by atoms with Gasteiger partial charge in [-0.25, -0.2) is 9.65 Å². The van der Waals surface area contributed by atoms with Crippen molar-refractivity contribution in [3.05, 3.63) is 0 Å². The fraction of sp³-hybridized carbons (Fsp3) is 1.00. The first-order valence-electron chi connectivity index (χ1n) is 4.50. The molecule has 0 radical (unpaired) electrons. The lowest BCUT2D eigenvalue weighted by Gasteiger charge is -2.20. The van der Waals surface area contributed by atoms with Crippen molar-refractivity contribution in [1.29, 1.82) is 0 Å². The Morgan fingerprint density at radius 3 is 2.08 bits per heavy atom. The van der Waals surface area contributed by atoms with E-state index in [9.17, 15) is 4.57 Å². The zero-order chi connectivity index (χ0) is 10.3. The van der Waals surface area contributed by atoms with Crippen LogP contribution in [0, 0.1) is 0 Å². The molecule has 0 aliphatic rings. The fourth-order valence-corrected chi connectivity index (χ4v) is 2.24. The van der Waals surface area contributed by atoms with Crippen LogP contribution in [0.5, 0.6) is 0 Å². The Balaban J connectivity index is 4.14. The van der Waals surface area contributed by atoms with Crippen molar-refractivity contribution in [2.24, 2.45) is 5.73 Å². The van der Waals surface area contributed by atoms with Gasteiger partial charge in [-0.3, -0.25) is 9.05 Å². The molecule has 0 saturated heterocycles. The molecular weight excluding hydrogens is 191 g/mol. The molecule has 0 aromatic heterocycles. The van der Waals surface area contributed by atoms with Gasteiger partial charge in [0.15, 0.2) is 0 Å². The van der Waals surface area contributed by atoms with Crippen LogP contribution in [-0.2, 0) is 13.6 Å². The minimum absolute atomic E-state index is 0.334. The Morgan fingerprint density at radius 2 is 1.77 bits per heavy atom. The predicted molar refractivity (Wildman–Crippen MR) is 52.3 cm³/mol. The Bertz CT molecular complexity index is 167. The lowest BCUT2D eigenvalue weighted by molar-refractivity contribution is 0.206. The number of hydrogen-bond acceptors (Lipinski definition) is 4. The summed E-state index contributed by atoms with van der Waals surface area (Å²) in [6.07, 6.45) is 0.313. The predicted octanol–water partition coefficient (Wildman–Crippen LogP) is 1.45. The van der Waals surface area contributed by atoms with Gasteiger partial charge in [0.25, 0.3) is 0 Å². The van der Waals surface area contributed by atoms with Gasteiger partial charge in [0, 0.05) is 0 Å². The first-order valence-corrected chi connectivity index (χ1v) is 6.04. The van der Waals surface area contributed by atoms with Gasteiger partial charge in [0.2, 0.25) is 0 Å². The number of nitrogens with two attached hydrogens (primary N) is 1. The molecule has 6 heteroatoms. The molecule has 0 amide bonds. The summed E-state index contributed by atoms with van der Waals surface area (Å²) in [6.45, 7) is 6.07. The maximum absolute atomic E-state index is 11.7. The van der Waals surface area contributed by atoms with Crippen molar-refractivity contribution in [3.63, 3.8) is 0 Å². The van der Waals surface area contributed by atoms with Gasteiger partial charge in [0.05, 0.1) is 19.4 Å². The molecule has 1 unspecified atom stereocenters. The molecule has 3 N–H and O–H groups in total. The standard InChI is InChI=1S/C7H19N2O3P/c1-4-7(8)9-13(10,11-5-2)12-6-3/h7H,4-6,8H2,1-3H3,(H,9,10). The number of hydrogen-bond donors (Lipinski definition) is 2. The number of rotatable bonds is 7. The van der Waals surface area contributed by atoms with E-state index < -0.39 is 7.75 Å². The van der Waals surface area contributed by atoms with E-state index in [4.69, 9.17) is 14.8 Å². The third-order valence-corrected chi connectivity index (χ3v) is 3.21. The van der Waals surface area contributed by atoms with E-state index in [2.05, 4.69) is 5.09 Å². The van der Waals surface area contributed by atoms with E-state index in [1.165, 1.54) is 0 Å². The van der Waals surface area contributed by atoms with Crippen LogP contribution in [0.3, 0.4) is 0 Å². The lowest BCUT2D eigenvalue weighted by atomic mass is 10.4. The summed E-state index contributed by atoms with van der Waals surface area (Å²) in [7, 11) is -3.17. The van der Waals surface area contributed by atoms with Crippen LogP contribution >= 0.6 is 7.75 Å². The van der Waals surface area contributed by atoms with E-state index in [1.807, 2.05) is 6.92 Å². The molecule has 0 rings (SSSR count). The Morgan fingerprint density at radius 1 is 1.31 bits per heavy atom. The van der Waals surface area contributed by atoms with Gasteiger partial charge in [0.1, 0.15) is 0 Å². The van der Waals surface area contributed by atoms with Crippen molar-refractivity contribution in [3.8, 4) is 0 Å². The smallest absolute Gasteiger partial charge is 0.315 e. The van der Waals surface area contributed by atoms with Crippen molar-refractivity contribution < 1.29 is 13.6 Å². The summed E-state index contributed by atoms with van der Waals surface area (Å²) in [6, 6.07) is 0. The Labute approximate surface area is 79.6 Å². The molecule has 0 bridgehead atoms. The minimum Gasteiger partial charge on any atom is -0.315 e. The molecule has 0 saturated carbocycles. The fourth-order valence-electron chi connectivity index (χ4n) is 0.746. The summed E-state index contributed by atoms with van der Waals surface area (Å²) >= 11 is 0. The number of nitrogens with one attached hydrogen (secondary N) is 1. The highest BCUT2D eigenvalue weighted by atomic mass is 31.2. The Kier molecular flexibility index (Phi) is 6.55. The molecule has 0 aromatic rings. The van der Waals surface area contributed by atoms with Gasteiger partial charge in [-0.1, -0.05) is 6.92 Å². The van der Waals surface area contributed by atoms with E-state index in [0.717, 1.165) is 0 Å². The van der Waals surface area contributed by atoms with Crippen LogP contribution in [0.4, 0.5) is 0 Å². The van der Waals surface area contributed by atoms with Crippen molar-refractivity contribution in [2.75, 3.05) is 13.2 Å². The summed E-state index contributed by atoms with van der Waals surface area (Å²) in [5.74, 6) is 0. The van der Waals surface area contributed by atoms with Crippen molar-refractivity contribution >= 4 is 7.75 Å². The van der Waals surface area contributed by atoms with Gasteiger partial charge in [-0.15, -0.1) is 0 Å². The Hall–Kier alpha value is 0.0700. The molecule has 13 heavy (non-hydrogen) atoms. The van der Waals surface area contributed by atoms with Crippen LogP contribution in [0.15, 0.2) is 0 Å². The molecule has 0 aromatic carbocycles. The molecule has 80 valence electrons. The van der Waals surface area contributed by atoms with Crippen LogP contribution in [0.25, 0.3) is 0 Å². The average Bonchev–Trinajstić information content (AvgIpc) is 2.04. The van der Waals surface area contributed by atoms with Crippen LogP contribution in [-0.4, -0.2) is 19.4 Å². The molecular formula is C7H19N2O3P. The van der Waals surface area contributed by atoms with Crippen LogP contribution < -0.4 is 10.8 Å². The summed E-state index contributed by atoms with van der Waals surface area (Å²) in [5, 5.41) is 2.63. The monoisotopic (exact) mass is 210 g/mol. The first-order chi connectivity index (χ1) is 6.08. The SMILES string of the molecule is CCOP(=O)(NC(N)CC)OCC. The van der Waals surface area contributed by atoms with Crippen LogP contribution in [0.1, 0.15) is 27.2 Å². The zero-order valence-electron chi connectivity index (χ0n) is 8.45. The maximum Gasteiger partial charge on any atom is 0.406 e. The second-order valence-electron chi connectivity index (χ2n) is 2.48. The molecule has 0 aliphatic heterocycles. The van der Waals surface area contributed by atoms with E-state index in [-0.39, 0.29) is 6.17 Å². The second-order valence-corrected chi connectivity index (χ2v) is 4.25. The maximum atomic E-state index is 11.7. The molecule has 1 atom stereocenters. The largest absolute Gasteiger partial charge is 0.406 e. The zero-order valence-corrected chi connectivity index (χ0v) is 9.34. The van der Waals surface area contributed by atoms with E-state index >= 15 is 0 Å². The lowest BCUT2D eigenvalue weighted by Crippen LogP contribution is -2.35. The van der Waals surface area contributed by atoms with Crippen LogP contribution in [0.2, 0.25) is 0 Å². The van der Waals surface area contributed by atoms with Gasteiger partial charge in [-0.2, -0.15) is 0 Å². The van der Waals surface area contributed by atoms with Gasteiger partial charge < -0.3 is 5.73 Å². The van der Waals surface area contributed by atoms with Crippen molar-refractivity contribution in [2.45, 2.75) is 33.4 Å². The normalized spacial score (nSPS) is 14.5. The van der Waals surface area contributed by atoms with E-state index in [1.54, 1.807) is 13.8 Å². The molecule has 0 fully saturated rings. The average molecular weight is 210 g/mol. The highest BCUT2D eigenvalue weighted by molar-refractivity contribution is 7.51. The third kappa shape index (κ3) is 5.39. The topological polar surface area (TPSA) is 73.6 Å². The minimum atomic E-state index is -3.17. The van der Waals surface area contributed by atoms with Gasteiger partial charge in [-0.05, 0) is 20.3 Å². The van der Waals surface area contributed by atoms with Gasteiger partial charge >= 0.3 is 7.75 Å². The highest BCUT2D eigenvalue weighted by Gasteiger charge is 2.24. The molecule has 0 heterocycles. The quantitative estimate of drug-likeness (QED) is 0.491. The first kappa shape index (κ1) is 13.1. The summed E-state index contributed by atoms with van der Waals surface area (Å²) < 4.78 is 21.7. The summed E-state index contributed by atoms with van der Waals surface area (Å²) in [5.41, 5.74) is 5.58. The van der Waals surface area contributed by atoms with E-state index in [0.29, 0.717) is 19.6 Å². The third-order valence-electron chi connectivity index (χ3n) is 1.36. The summed E-state index contributed by atoms with van der Waals surface area (Å²) in [4.78, 5) is 0. The molecule has 0 aliphatic carbocycles. The second kappa shape index (κ2) is 6.51. The van der Waals surface area contributed by atoms with Crippen molar-refractivity contribution in [1.82, 2.24) is 5.09 Å². The molecule has 0 spiro atoms. The molecule has 5 nitrogen and oxygen atoms in total. The highest BCUT2D eigenvalue weighted by Crippen LogP contribution is 2.43.